The number of amides is 2. The molecule has 3 rings (SSSR count). The van der Waals surface area contributed by atoms with Crippen molar-refractivity contribution < 1.29 is 14.3 Å². The molecule has 0 unspecified atom stereocenters. The van der Waals surface area contributed by atoms with Crippen LogP contribution >= 0.6 is 34.5 Å². The van der Waals surface area contributed by atoms with Gasteiger partial charge in [-0.1, -0.05) is 34.5 Å². The number of thiazole rings is 1. The highest BCUT2D eigenvalue weighted by Gasteiger charge is 2.26. The van der Waals surface area contributed by atoms with Crippen molar-refractivity contribution >= 4 is 51.7 Å². The monoisotopic (exact) mass is 399 g/mol. The third kappa shape index (κ3) is 4.05. The van der Waals surface area contributed by atoms with E-state index in [-0.39, 0.29) is 5.91 Å². The number of nitrogens with one attached hydrogen (secondary N) is 1. The number of fused-ring (bicyclic) bond motifs is 1. The van der Waals surface area contributed by atoms with Gasteiger partial charge in [0, 0.05) is 22.9 Å². The zero-order valence-electron chi connectivity index (χ0n) is 13.3. The number of hydrogen-bond donors (Lipinski definition) is 1. The third-order valence-corrected chi connectivity index (χ3v) is 5.21. The van der Waals surface area contributed by atoms with E-state index in [0.29, 0.717) is 46.9 Å². The van der Waals surface area contributed by atoms with Crippen molar-refractivity contribution in [2.75, 3.05) is 18.5 Å². The van der Waals surface area contributed by atoms with E-state index in [2.05, 4.69) is 10.3 Å². The standard InChI is InChI=1S/C16H15Cl2N3O3S/c1-2-24-16(23)20-15-19-12-5-6-21(8-13(12)25-15)14(22)10-4-3-9(17)7-11(10)18/h3-4,7H,2,5-6,8H2,1H3,(H,19,20,23). The first-order valence-electron chi connectivity index (χ1n) is 7.64. The van der Waals surface area contributed by atoms with E-state index in [1.165, 1.54) is 11.3 Å². The van der Waals surface area contributed by atoms with Crippen LogP contribution in [0.4, 0.5) is 9.93 Å². The second-order valence-corrected chi connectivity index (χ2v) is 7.26. The van der Waals surface area contributed by atoms with Gasteiger partial charge >= 0.3 is 6.09 Å². The van der Waals surface area contributed by atoms with Crippen molar-refractivity contribution in [1.82, 2.24) is 9.88 Å². The van der Waals surface area contributed by atoms with Gasteiger partial charge in [-0.05, 0) is 25.1 Å². The lowest BCUT2D eigenvalue weighted by atomic mass is 10.1. The molecule has 25 heavy (non-hydrogen) atoms. The molecule has 2 heterocycles. The molecule has 0 saturated heterocycles. The molecule has 0 atom stereocenters. The molecule has 1 aromatic carbocycles. The van der Waals surface area contributed by atoms with Gasteiger partial charge in [0.2, 0.25) is 0 Å². The van der Waals surface area contributed by atoms with Crippen LogP contribution in [0.15, 0.2) is 18.2 Å². The second-order valence-electron chi connectivity index (χ2n) is 5.34. The van der Waals surface area contributed by atoms with Gasteiger partial charge in [0.15, 0.2) is 5.13 Å². The van der Waals surface area contributed by atoms with E-state index in [9.17, 15) is 9.59 Å². The zero-order valence-corrected chi connectivity index (χ0v) is 15.7. The first-order chi connectivity index (χ1) is 12.0. The van der Waals surface area contributed by atoms with E-state index >= 15 is 0 Å². The number of ether oxygens (including phenoxy) is 1. The number of rotatable bonds is 3. The average Bonchev–Trinajstić information content (AvgIpc) is 2.95. The van der Waals surface area contributed by atoms with E-state index < -0.39 is 6.09 Å². The number of benzene rings is 1. The second kappa shape index (κ2) is 7.59. The van der Waals surface area contributed by atoms with Crippen LogP contribution < -0.4 is 5.32 Å². The fourth-order valence-corrected chi connectivity index (χ4v) is 4.01. The van der Waals surface area contributed by atoms with Crippen LogP contribution in [0.2, 0.25) is 10.0 Å². The molecular formula is C16H15Cl2N3O3S. The predicted octanol–water partition coefficient (Wildman–Crippen LogP) is 4.22. The summed E-state index contributed by atoms with van der Waals surface area (Å²) < 4.78 is 4.84. The quantitative estimate of drug-likeness (QED) is 0.838. The lowest BCUT2D eigenvalue weighted by Crippen LogP contribution is -2.35. The van der Waals surface area contributed by atoms with E-state index in [0.717, 1.165) is 10.6 Å². The summed E-state index contributed by atoms with van der Waals surface area (Å²) in [5.74, 6) is -0.152. The van der Waals surface area contributed by atoms with Gasteiger partial charge in [0.1, 0.15) is 0 Å². The molecule has 0 radical (unpaired) electrons. The lowest BCUT2D eigenvalue weighted by molar-refractivity contribution is 0.0736. The Bertz CT molecular complexity index is 825. The summed E-state index contributed by atoms with van der Waals surface area (Å²) in [4.78, 5) is 31.2. The maximum absolute atomic E-state index is 12.7. The zero-order chi connectivity index (χ0) is 18.0. The summed E-state index contributed by atoms with van der Waals surface area (Å²) in [7, 11) is 0. The summed E-state index contributed by atoms with van der Waals surface area (Å²) in [6, 6.07) is 4.83. The summed E-state index contributed by atoms with van der Waals surface area (Å²) >= 11 is 13.4. The Morgan fingerprint density at radius 3 is 2.92 bits per heavy atom. The molecule has 0 spiro atoms. The van der Waals surface area contributed by atoms with Gasteiger partial charge in [0.25, 0.3) is 5.91 Å². The first-order valence-corrected chi connectivity index (χ1v) is 9.22. The maximum Gasteiger partial charge on any atom is 0.413 e. The van der Waals surface area contributed by atoms with Crippen LogP contribution in [0, 0.1) is 0 Å². The molecular weight excluding hydrogens is 385 g/mol. The third-order valence-electron chi connectivity index (χ3n) is 3.66. The van der Waals surface area contributed by atoms with Gasteiger partial charge in [-0.2, -0.15) is 0 Å². The molecule has 6 nitrogen and oxygen atoms in total. The fraction of sp³-hybridized carbons (Fsp3) is 0.312. The Labute approximate surface area is 158 Å². The number of aromatic nitrogens is 1. The van der Waals surface area contributed by atoms with Crippen molar-refractivity contribution in [2.24, 2.45) is 0 Å². The Hall–Kier alpha value is -1.83. The van der Waals surface area contributed by atoms with E-state index in [1.54, 1.807) is 30.0 Å². The molecule has 0 aliphatic carbocycles. The number of anilines is 1. The molecule has 2 aromatic rings. The average molecular weight is 400 g/mol. The first kappa shape index (κ1) is 18.0. The largest absolute Gasteiger partial charge is 0.450 e. The molecule has 9 heteroatoms. The van der Waals surface area contributed by atoms with Gasteiger partial charge < -0.3 is 9.64 Å². The summed E-state index contributed by atoms with van der Waals surface area (Å²) in [6.45, 7) is 2.99. The fourth-order valence-electron chi connectivity index (χ4n) is 2.51. The Morgan fingerprint density at radius 2 is 2.20 bits per heavy atom. The molecule has 1 aromatic heterocycles. The summed E-state index contributed by atoms with van der Waals surface area (Å²) in [5, 5.41) is 3.89. The van der Waals surface area contributed by atoms with Gasteiger partial charge in [-0.3, -0.25) is 10.1 Å². The normalized spacial score (nSPS) is 13.3. The van der Waals surface area contributed by atoms with Gasteiger partial charge in [0.05, 0.1) is 29.4 Å². The van der Waals surface area contributed by atoms with Crippen LogP contribution in [-0.2, 0) is 17.7 Å². The number of carbonyl (C=O) groups excluding carboxylic acids is 2. The summed E-state index contributed by atoms with van der Waals surface area (Å²) in [6.07, 6.45) is 0.0854. The van der Waals surface area contributed by atoms with Gasteiger partial charge in [-0.15, -0.1) is 0 Å². The molecule has 1 aliphatic heterocycles. The molecule has 0 fully saturated rings. The van der Waals surface area contributed by atoms with Crippen molar-refractivity contribution in [2.45, 2.75) is 19.9 Å². The highest BCUT2D eigenvalue weighted by atomic mass is 35.5. The van der Waals surface area contributed by atoms with Crippen molar-refractivity contribution in [1.29, 1.82) is 0 Å². The van der Waals surface area contributed by atoms with Gasteiger partial charge in [-0.25, -0.2) is 9.78 Å². The highest BCUT2D eigenvalue weighted by Crippen LogP contribution is 2.30. The van der Waals surface area contributed by atoms with Crippen molar-refractivity contribution in [3.8, 4) is 0 Å². The molecule has 132 valence electrons. The number of carbonyl (C=O) groups is 2. The van der Waals surface area contributed by atoms with Crippen LogP contribution in [0.1, 0.15) is 27.9 Å². The van der Waals surface area contributed by atoms with E-state index in [4.69, 9.17) is 27.9 Å². The Kier molecular flexibility index (Phi) is 5.46. The SMILES string of the molecule is CCOC(=O)Nc1nc2c(s1)CN(C(=O)c1ccc(Cl)cc1Cl)CC2. The van der Waals surface area contributed by atoms with Crippen LogP contribution in [-0.4, -0.2) is 35.0 Å². The van der Waals surface area contributed by atoms with Crippen LogP contribution in [0.25, 0.3) is 0 Å². The number of nitrogens with zero attached hydrogens (tertiary/aromatic N) is 2. The number of hydrogen-bond acceptors (Lipinski definition) is 5. The van der Waals surface area contributed by atoms with Crippen LogP contribution in [0.5, 0.6) is 0 Å². The predicted molar refractivity (Wildman–Crippen MR) is 97.7 cm³/mol. The minimum atomic E-state index is -0.533. The smallest absolute Gasteiger partial charge is 0.413 e. The number of halogens is 2. The highest BCUT2D eigenvalue weighted by molar-refractivity contribution is 7.15. The molecule has 2 amide bonds. The Morgan fingerprint density at radius 1 is 1.40 bits per heavy atom. The molecule has 0 saturated carbocycles. The molecule has 0 bridgehead atoms. The van der Waals surface area contributed by atoms with E-state index in [1.807, 2.05) is 0 Å². The van der Waals surface area contributed by atoms with Crippen LogP contribution in [0.3, 0.4) is 0 Å². The Balaban J connectivity index is 1.73. The topological polar surface area (TPSA) is 71.5 Å². The lowest BCUT2D eigenvalue weighted by Gasteiger charge is -2.26. The summed E-state index contributed by atoms with van der Waals surface area (Å²) in [5.41, 5.74) is 1.31. The van der Waals surface area contributed by atoms with Crippen molar-refractivity contribution in [3.63, 3.8) is 0 Å². The maximum atomic E-state index is 12.7. The van der Waals surface area contributed by atoms with Crippen molar-refractivity contribution in [3.05, 3.63) is 44.4 Å². The minimum absolute atomic E-state index is 0.152. The molecule has 1 aliphatic rings. The minimum Gasteiger partial charge on any atom is -0.450 e. The molecule has 1 N–H and O–H groups in total.